The second-order valence-electron chi connectivity index (χ2n) is 6.98. The predicted molar refractivity (Wildman–Crippen MR) is 100 cm³/mol. The van der Waals surface area contributed by atoms with Gasteiger partial charge in [0.1, 0.15) is 17.8 Å². The molecule has 0 aromatic heterocycles. The van der Waals surface area contributed by atoms with Crippen molar-refractivity contribution in [3.05, 3.63) is 29.8 Å². The van der Waals surface area contributed by atoms with E-state index in [1.807, 2.05) is 0 Å². The van der Waals surface area contributed by atoms with Crippen LogP contribution in [0.4, 0.5) is 4.79 Å². The highest BCUT2D eigenvalue weighted by atomic mass is 32.2. The maximum atomic E-state index is 13.0. The van der Waals surface area contributed by atoms with Crippen LogP contribution in [-0.2, 0) is 25.0 Å². The third-order valence-corrected chi connectivity index (χ3v) is 6.96. The Hall–Kier alpha value is -2.62. The summed E-state index contributed by atoms with van der Waals surface area (Å²) in [6.45, 7) is 1.31. The molecule has 2 heterocycles. The van der Waals surface area contributed by atoms with Gasteiger partial charge in [0.25, 0.3) is 5.91 Å². The number of urea groups is 1. The Balaban J connectivity index is 1.73. The molecule has 9 nitrogen and oxygen atoms in total. The number of ether oxygens (including phenoxy) is 1. The summed E-state index contributed by atoms with van der Waals surface area (Å²) in [5.41, 5.74) is -0.653. The van der Waals surface area contributed by atoms with Crippen molar-refractivity contribution >= 4 is 27.7 Å². The van der Waals surface area contributed by atoms with Gasteiger partial charge in [-0.25, -0.2) is 13.2 Å². The summed E-state index contributed by atoms with van der Waals surface area (Å²) < 4.78 is 28.1. The number of carbonyl (C=O) groups is 3. The number of hydrogen-bond acceptors (Lipinski definition) is 6. The Bertz CT molecular complexity index is 898. The van der Waals surface area contributed by atoms with E-state index < -0.39 is 45.8 Å². The Morgan fingerprint density at radius 2 is 2.00 bits per heavy atom. The summed E-state index contributed by atoms with van der Waals surface area (Å²) in [4.78, 5) is 38.6. The van der Waals surface area contributed by atoms with Crippen LogP contribution in [0.15, 0.2) is 24.3 Å². The molecule has 4 amide bonds. The molecular formula is C18H23N3O6S. The molecule has 2 saturated heterocycles. The van der Waals surface area contributed by atoms with E-state index in [4.69, 9.17) is 4.74 Å². The van der Waals surface area contributed by atoms with E-state index in [2.05, 4.69) is 10.6 Å². The van der Waals surface area contributed by atoms with Gasteiger partial charge in [-0.05, 0) is 30.5 Å². The molecule has 1 aromatic carbocycles. The van der Waals surface area contributed by atoms with E-state index in [9.17, 15) is 22.8 Å². The molecule has 0 bridgehead atoms. The number of hydrogen-bond donors (Lipinski definition) is 2. The maximum absolute atomic E-state index is 13.0. The molecule has 0 saturated carbocycles. The second-order valence-corrected chi connectivity index (χ2v) is 9.21. The number of methoxy groups -OCH3 is 1. The van der Waals surface area contributed by atoms with Gasteiger partial charge < -0.3 is 15.4 Å². The lowest BCUT2D eigenvalue weighted by molar-refractivity contribution is -0.135. The summed E-state index contributed by atoms with van der Waals surface area (Å²) in [6, 6.07) is 5.65. The molecule has 0 radical (unpaired) electrons. The van der Waals surface area contributed by atoms with Crippen LogP contribution >= 0.6 is 0 Å². The van der Waals surface area contributed by atoms with Crippen LogP contribution in [0, 0.1) is 0 Å². The minimum atomic E-state index is -3.14. The van der Waals surface area contributed by atoms with Crippen molar-refractivity contribution in [3.63, 3.8) is 0 Å². The minimum absolute atomic E-state index is 0.0253. The molecule has 0 spiro atoms. The first-order valence-electron chi connectivity index (χ1n) is 8.99. The average molecular weight is 409 g/mol. The van der Waals surface area contributed by atoms with Gasteiger partial charge >= 0.3 is 6.03 Å². The van der Waals surface area contributed by atoms with Crippen molar-refractivity contribution < 1.29 is 27.5 Å². The predicted octanol–water partition coefficient (Wildman–Crippen LogP) is 0.156. The highest BCUT2D eigenvalue weighted by Gasteiger charge is 2.51. The number of imide groups is 1. The first kappa shape index (κ1) is 20.1. The summed E-state index contributed by atoms with van der Waals surface area (Å²) in [5, 5.41) is 5.30. The summed E-state index contributed by atoms with van der Waals surface area (Å²) in [5.74, 6) is -0.553. The van der Waals surface area contributed by atoms with Crippen LogP contribution in [0.25, 0.3) is 0 Å². The Labute approximate surface area is 163 Å². The van der Waals surface area contributed by atoms with Gasteiger partial charge in [-0.3, -0.25) is 14.5 Å². The molecule has 0 unspecified atom stereocenters. The van der Waals surface area contributed by atoms with Crippen molar-refractivity contribution in [1.29, 1.82) is 0 Å². The van der Waals surface area contributed by atoms with Crippen LogP contribution in [0.2, 0.25) is 0 Å². The van der Waals surface area contributed by atoms with Gasteiger partial charge in [-0.15, -0.1) is 0 Å². The van der Waals surface area contributed by atoms with E-state index >= 15 is 0 Å². The van der Waals surface area contributed by atoms with Gasteiger partial charge in [0, 0.05) is 6.04 Å². The van der Waals surface area contributed by atoms with Gasteiger partial charge in [0.05, 0.1) is 18.6 Å². The molecule has 2 aliphatic heterocycles. The maximum Gasteiger partial charge on any atom is 0.325 e. The van der Waals surface area contributed by atoms with Crippen LogP contribution in [-0.4, -0.2) is 62.4 Å². The number of sulfone groups is 1. The third kappa shape index (κ3) is 3.68. The molecule has 0 aliphatic carbocycles. The molecule has 2 atom stereocenters. The van der Waals surface area contributed by atoms with E-state index in [0.717, 1.165) is 4.90 Å². The second kappa shape index (κ2) is 7.42. The lowest BCUT2D eigenvalue weighted by Crippen LogP contribution is -2.46. The number of nitrogens with zero attached hydrogens (tertiary/aromatic N) is 1. The SMILES string of the molecule is CC[C@]1(c2ccc(OC)cc2)NC(=O)N(CC(=O)N[C@H]2CCS(=O)(=O)C2)C1=O. The fourth-order valence-electron chi connectivity index (χ4n) is 3.61. The van der Waals surface area contributed by atoms with E-state index in [-0.39, 0.29) is 11.5 Å². The number of amides is 4. The first-order chi connectivity index (χ1) is 13.2. The molecule has 28 heavy (non-hydrogen) atoms. The third-order valence-electron chi connectivity index (χ3n) is 5.19. The molecule has 10 heteroatoms. The lowest BCUT2D eigenvalue weighted by atomic mass is 9.87. The average Bonchev–Trinajstić information content (AvgIpc) is 3.12. The zero-order valence-electron chi connectivity index (χ0n) is 15.7. The van der Waals surface area contributed by atoms with Crippen LogP contribution < -0.4 is 15.4 Å². The lowest BCUT2D eigenvalue weighted by Gasteiger charge is -2.26. The van der Waals surface area contributed by atoms with Crippen molar-refractivity contribution in [2.45, 2.75) is 31.3 Å². The minimum Gasteiger partial charge on any atom is -0.497 e. The number of rotatable bonds is 6. The molecule has 152 valence electrons. The van der Waals surface area contributed by atoms with E-state index in [0.29, 0.717) is 24.2 Å². The van der Waals surface area contributed by atoms with E-state index in [1.54, 1.807) is 31.2 Å². The molecule has 3 rings (SSSR count). The van der Waals surface area contributed by atoms with E-state index in [1.165, 1.54) is 7.11 Å². The zero-order valence-corrected chi connectivity index (χ0v) is 16.5. The molecular weight excluding hydrogens is 386 g/mol. The highest BCUT2D eigenvalue weighted by molar-refractivity contribution is 7.91. The van der Waals surface area contributed by atoms with Gasteiger partial charge in [0.2, 0.25) is 5.91 Å². The molecule has 1 aromatic rings. The van der Waals surface area contributed by atoms with Crippen LogP contribution in [0.3, 0.4) is 0 Å². The van der Waals surface area contributed by atoms with Crippen molar-refractivity contribution in [1.82, 2.24) is 15.5 Å². The number of nitrogens with one attached hydrogen (secondary N) is 2. The number of benzene rings is 1. The van der Waals surface area contributed by atoms with Crippen LogP contribution in [0.1, 0.15) is 25.3 Å². The number of carbonyl (C=O) groups excluding carboxylic acids is 3. The highest BCUT2D eigenvalue weighted by Crippen LogP contribution is 2.33. The van der Waals surface area contributed by atoms with Gasteiger partial charge in [-0.2, -0.15) is 0 Å². The zero-order chi connectivity index (χ0) is 20.5. The normalized spacial score (nSPS) is 26.2. The Kier molecular flexibility index (Phi) is 5.33. The fourth-order valence-corrected chi connectivity index (χ4v) is 5.28. The monoisotopic (exact) mass is 409 g/mol. The standard InChI is InChI=1S/C18H23N3O6S/c1-3-18(12-4-6-14(27-2)7-5-12)16(23)21(17(24)20-18)10-15(22)19-13-8-9-28(25,26)11-13/h4-7,13H,3,8-11H2,1-2H3,(H,19,22)(H,20,24)/t13-,18+/m0/s1. The Morgan fingerprint density at radius 1 is 1.32 bits per heavy atom. The molecule has 2 aliphatic rings. The summed E-state index contributed by atoms with van der Waals surface area (Å²) >= 11 is 0. The quantitative estimate of drug-likeness (QED) is 0.645. The topological polar surface area (TPSA) is 122 Å². The Morgan fingerprint density at radius 3 is 2.54 bits per heavy atom. The largest absolute Gasteiger partial charge is 0.497 e. The fraction of sp³-hybridized carbons (Fsp3) is 0.500. The van der Waals surface area contributed by atoms with Crippen molar-refractivity contribution in [2.24, 2.45) is 0 Å². The summed E-state index contributed by atoms with van der Waals surface area (Å²) in [7, 11) is -1.61. The smallest absolute Gasteiger partial charge is 0.325 e. The van der Waals surface area contributed by atoms with Crippen molar-refractivity contribution in [3.8, 4) is 5.75 Å². The summed E-state index contributed by atoms with van der Waals surface area (Å²) in [6.07, 6.45) is 0.641. The van der Waals surface area contributed by atoms with Crippen molar-refractivity contribution in [2.75, 3.05) is 25.2 Å². The molecule has 2 N–H and O–H groups in total. The van der Waals surface area contributed by atoms with Gasteiger partial charge in [0.15, 0.2) is 9.84 Å². The van der Waals surface area contributed by atoms with Gasteiger partial charge in [-0.1, -0.05) is 19.1 Å². The van der Waals surface area contributed by atoms with Crippen LogP contribution in [0.5, 0.6) is 5.75 Å². The first-order valence-corrected chi connectivity index (χ1v) is 10.8. The molecule has 2 fully saturated rings.